The van der Waals surface area contributed by atoms with Crippen molar-refractivity contribution in [1.82, 2.24) is 14.5 Å². The fourth-order valence-electron chi connectivity index (χ4n) is 5.95. The zero-order chi connectivity index (χ0) is 24.7. The van der Waals surface area contributed by atoms with Crippen LogP contribution >= 0.6 is 11.6 Å². The number of benzene rings is 1. The number of rotatable bonds is 7. The number of nitrogens with one attached hydrogen (secondary N) is 1. The number of likely N-dealkylation sites (tertiary alicyclic amines) is 1. The van der Waals surface area contributed by atoms with Crippen molar-refractivity contribution in [3.8, 4) is 0 Å². The molecule has 0 bridgehead atoms. The summed E-state index contributed by atoms with van der Waals surface area (Å²) in [6, 6.07) is 10.8. The number of ether oxygens (including phenoxy) is 1. The third kappa shape index (κ3) is 4.59. The van der Waals surface area contributed by atoms with Crippen LogP contribution in [-0.4, -0.2) is 52.6 Å². The molecule has 0 amide bonds. The van der Waals surface area contributed by atoms with Crippen molar-refractivity contribution in [1.29, 1.82) is 0 Å². The minimum Gasteiger partial charge on any atom is -0.378 e. The summed E-state index contributed by atoms with van der Waals surface area (Å²) in [4.78, 5) is 31.3. The minimum absolute atomic E-state index is 0.0560. The number of carbonyl (C=O) groups is 1. The van der Waals surface area contributed by atoms with E-state index in [1.165, 1.54) is 0 Å². The average molecular weight is 496 g/mol. The van der Waals surface area contributed by atoms with E-state index in [2.05, 4.69) is 34.4 Å². The maximum atomic E-state index is 13.5. The summed E-state index contributed by atoms with van der Waals surface area (Å²) in [6.07, 6.45) is 2.88. The van der Waals surface area contributed by atoms with Crippen molar-refractivity contribution in [2.75, 3.05) is 26.3 Å². The summed E-state index contributed by atoms with van der Waals surface area (Å²) in [5.74, 6) is 0.620. The van der Waals surface area contributed by atoms with Gasteiger partial charge in [-0.25, -0.2) is 0 Å². The number of H-pyrrole nitrogens is 1. The molecule has 2 aliphatic rings. The van der Waals surface area contributed by atoms with Gasteiger partial charge in [0.05, 0.1) is 24.3 Å². The first-order chi connectivity index (χ1) is 16.8. The van der Waals surface area contributed by atoms with Gasteiger partial charge >= 0.3 is 0 Å². The van der Waals surface area contributed by atoms with Crippen molar-refractivity contribution in [2.45, 2.75) is 58.5 Å². The van der Waals surface area contributed by atoms with Crippen molar-refractivity contribution in [3.05, 3.63) is 68.2 Å². The first kappa shape index (κ1) is 24.3. The fraction of sp³-hybridized carbons (Fsp3) is 0.500. The van der Waals surface area contributed by atoms with E-state index in [0.29, 0.717) is 35.0 Å². The van der Waals surface area contributed by atoms with Crippen LogP contribution in [0.15, 0.2) is 35.1 Å². The molecule has 0 spiro atoms. The van der Waals surface area contributed by atoms with Gasteiger partial charge in [0.1, 0.15) is 0 Å². The van der Waals surface area contributed by atoms with Gasteiger partial charge in [0, 0.05) is 45.9 Å². The summed E-state index contributed by atoms with van der Waals surface area (Å²) in [5, 5.41) is 1.42. The molecule has 0 saturated carbocycles. The van der Waals surface area contributed by atoms with Gasteiger partial charge < -0.3 is 14.3 Å². The highest BCUT2D eigenvalue weighted by Gasteiger charge is 2.33. The second-order valence-corrected chi connectivity index (χ2v) is 10.6. The van der Waals surface area contributed by atoms with Crippen LogP contribution in [-0.2, 0) is 11.2 Å². The number of para-hydroxylation sites is 1. The van der Waals surface area contributed by atoms with Crippen LogP contribution in [0.3, 0.4) is 0 Å². The van der Waals surface area contributed by atoms with E-state index in [9.17, 15) is 9.59 Å². The number of hydrogen-bond acceptors (Lipinski definition) is 4. The van der Waals surface area contributed by atoms with E-state index in [1.54, 1.807) is 13.0 Å². The van der Waals surface area contributed by atoms with Crippen molar-refractivity contribution in [3.63, 3.8) is 0 Å². The molecular formula is C28H34ClN3O3. The van der Waals surface area contributed by atoms with E-state index in [0.717, 1.165) is 67.0 Å². The van der Waals surface area contributed by atoms with Crippen molar-refractivity contribution < 1.29 is 9.53 Å². The van der Waals surface area contributed by atoms with E-state index in [-0.39, 0.29) is 17.8 Å². The monoisotopic (exact) mass is 495 g/mol. The van der Waals surface area contributed by atoms with Crippen LogP contribution in [0.4, 0.5) is 0 Å². The third-order valence-corrected chi connectivity index (χ3v) is 8.39. The second-order valence-electron chi connectivity index (χ2n) is 10.2. The summed E-state index contributed by atoms with van der Waals surface area (Å²) in [7, 11) is 0. The van der Waals surface area contributed by atoms with Gasteiger partial charge in [0.25, 0.3) is 5.56 Å². The summed E-state index contributed by atoms with van der Waals surface area (Å²) in [5.41, 5.74) is 3.88. The van der Waals surface area contributed by atoms with Crippen LogP contribution in [0, 0.1) is 19.8 Å². The Kier molecular flexibility index (Phi) is 6.88. The first-order valence-electron chi connectivity index (χ1n) is 12.7. The number of nitrogens with zero attached hydrogens (tertiary/aromatic N) is 2. The lowest BCUT2D eigenvalue weighted by Gasteiger charge is -2.43. The number of aromatic amines is 1. The molecule has 186 valence electrons. The van der Waals surface area contributed by atoms with Crippen molar-refractivity contribution in [2.24, 2.45) is 5.92 Å². The number of pyridine rings is 1. The number of aromatic nitrogens is 2. The standard InChI is InChI=1S/C28H34ClN3O3/c1-17-14-24(29)22(28(34)30-17)8-9-26(33)27-19(3)32(25-7-5-4-6-23(25)27)18(2)20-10-12-31(13-11-20)21-15-35-16-21/h4-7,14,18,20-21H,8-13,15-16H2,1-3H3,(H,30,34)/t18-/m1/s1. The van der Waals surface area contributed by atoms with Crippen LogP contribution in [0.5, 0.6) is 0 Å². The Morgan fingerprint density at radius 3 is 2.57 bits per heavy atom. The summed E-state index contributed by atoms with van der Waals surface area (Å²) < 4.78 is 7.76. The molecule has 2 aliphatic heterocycles. The molecule has 0 unspecified atom stereocenters. The quantitative estimate of drug-likeness (QED) is 0.464. The highest BCUT2D eigenvalue weighted by Crippen LogP contribution is 2.36. The van der Waals surface area contributed by atoms with Gasteiger partial charge in [0.2, 0.25) is 0 Å². The molecular weight excluding hydrogens is 462 g/mol. The van der Waals surface area contributed by atoms with Crippen LogP contribution in [0.1, 0.15) is 59.5 Å². The smallest absolute Gasteiger partial charge is 0.252 e. The maximum absolute atomic E-state index is 13.5. The van der Waals surface area contributed by atoms with Gasteiger partial charge in [0.15, 0.2) is 5.78 Å². The Bertz CT molecular complexity index is 1300. The number of piperidine rings is 1. The van der Waals surface area contributed by atoms with Gasteiger partial charge in [-0.3, -0.25) is 14.5 Å². The zero-order valence-electron chi connectivity index (χ0n) is 20.8. The fourth-order valence-corrected chi connectivity index (χ4v) is 6.30. The Morgan fingerprint density at radius 2 is 1.91 bits per heavy atom. The molecule has 1 N–H and O–H groups in total. The molecule has 6 nitrogen and oxygen atoms in total. The highest BCUT2D eigenvalue weighted by atomic mass is 35.5. The Morgan fingerprint density at radius 1 is 1.20 bits per heavy atom. The lowest BCUT2D eigenvalue weighted by molar-refractivity contribution is -0.0752. The number of hydrogen-bond donors (Lipinski definition) is 1. The number of Topliss-reactive ketones (excluding diaryl/α,β-unsaturated/α-hetero) is 1. The number of fused-ring (bicyclic) bond motifs is 1. The van der Waals surface area contributed by atoms with E-state index in [4.69, 9.17) is 16.3 Å². The van der Waals surface area contributed by atoms with Crippen molar-refractivity contribution >= 4 is 28.3 Å². The van der Waals surface area contributed by atoms with Gasteiger partial charge in [-0.15, -0.1) is 0 Å². The molecule has 1 atom stereocenters. The second kappa shape index (κ2) is 9.92. The molecule has 35 heavy (non-hydrogen) atoms. The third-order valence-electron chi connectivity index (χ3n) is 8.05. The SMILES string of the molecule is Cc1cc(Cl)c(CCC(=O)c2c(C)n([C@H](C)C3CCN(C4COC4)CC3)c3ccccc23)c(=O)[nH]1. The van der Waals surface area contributed by atoms with Gasteiger partial charge in [-0.2, -0.15) is 0 Å². The number of ketones is 1. The Hall–Kier alpha value is -2.41. The summed E-state index contributed by atoms with van der Waals surface area (Å²) in [6.45, 7) is 10.1. The molecule has 7 heteroatoms. The van der Waals surface area contributed by atoms with E-state index >= 15 is 0 Å². The predicted molar refractivity (Wildman–Crippen MR) is 140 cm³/mol. The molecule has 2 aromatic heterocycles. The van der Waals surface area contributed by atoms with E-state index in [1.807, 2.05) is 18.2 Å². The van der Waals surface area contributed by atoms with E-state index < -0.39 is 0 Å². The molecule has 0 aliphatic carbocycles. The maximum Gasteiger partial charge on any atom is 0.252 e. The van der Waals surface area contributed by atoms with Crippen LogP contribution < -0.4 is 5.56 Å². The zero-order valence-corrected chi connectivity index (χ0v) is 21.5. The number of halogens is 1. The molecule has 2 saturated heterocycles. The van der Waals surface area contributed by atoms with Crippen LogP contribution in [0.2, 0.25) is 5.02 Å². The van der Waals surface area contributed by atoms with Gasteiger partial charge in [-0.1, -0.05) is 29.8 Å². The topological polar surface area (TPSA) is 67.3 Å². The van der Waals surface area contributed by atoms with Crippen LogP contribution in [0.25, 0.3) is 10.9 Å². The molecule has 2 fully saturated rings. The minimum atomic E-state index is -0.213. The molecule has 0 radical (unpaired) electrons. The molecule has 1 aromatic carbocycles. The first-order valence-corrected chi connectivity index (χ1v) is 13.1. The Labute approximate surface area is 211 Å². The van der Waals surface area contributed by atoms with Gasteiger partial charge in [-0.05, 0) is 71.2 Å². The Balaban J connectivity index is 1.39. The number of carbonyl (C=O) groups excluding carboxylic acids is 1. The molecule has 5 rings (SSSR count). The number of aryl methyl sites for hydroxylation is 1. The average Bonchev–Trinajstić information content (AvgIpc) is 3.09. The lowest BCUT2D eigenvalue weighted by atomic mass is 9.89. The summed E-state index contributed by atoms with van der Waals surface area (Å²) >= 11 is 6.32. The molecule has 3 aromatic rings. The largest absolute Gasteiger partial charge is 0.378 e. The molecule has 4 heterocycles. The lowest BCUT2D eigenvalue weighted by Crippen LogP contribution is -2.52. The predicted octanol–water partition coefficient (Wildman–Crippen LogP) is 5.09. The normalized spacial score (nSPS) is 18.6. The highest BCUT2D eigenvalue weighted by molar-refractivity contribution is 6.31.